The van der Waals surface area contributed by atoms with E-state index in [1.807, 2.05) is 30.3 Å². The molecule has 4 N–H and O–H groups in total. The molecule has 0 spiro atoms. The van der Waals surface area contributed by atoms with E-state index < -0.39 is 5.97 Å². The molecule has 1 aromatic heterocycles. The number of hydrogen-bond acceptors (Lipinski definition) is 5. The van der Waals surface area contributed by atoms with Gasteiger partial charge in [-0.25, -0.2) is 9.78 Å². The second kappa shape index (κ2) is 6.51. The van der Waals surface area contributed by atoms with Crippen LogP contribution in [0, 0.1) is 0 Å². The summed E-state index contributed by atoms with van der Waals surface area (Å²) in [4.78, 5) is 28.0. The smallest absolute Gasteiger partial charge is 0.335 e. The first-order valence-corrected chi connectivity index (χ1v) is 7.82. The summed E-state index contributed by atoms with van der Waals surface area (Å²) in [5, 5.41) is 11.9. The molecule has 0 unspecified atom stereocenters. The molecule has 0 saturated heterocycles. The molecule has 1 amide bonds. The molecule has 6 nitrogen and oxygen atoms in total. The fourth-order valence-electron chi connectivity index (χ4n) is 2.17. The summed E-state index contributed by atoms with van der Waals surface area (Å²) in [6.07, 6.45) is 0. The highest BCUT2D eigenvalue weighted by atomic mass is 32.1. The molecule has 0 bridgehead atoms. The van der Waals surface area contributed by atoms with Gasteiger partial charge in [-0.05, 0) is 24.3 Å². The molecule has 0 aliphatic carbocycles. The Labute approximate surface area is 141 Å². The first-order valence-electron chi connectivity index (χ1n) is 7.01. The van der Waals surface area contributed by atoms with Crippen LogP contribution in [0.2, 0.25) is 0 Å². The number of nitrogens with zero attached hydrogens (tertiary/aromatic N) is 1. The number of rotatable bonds is 4. The Balaban J connectivity index is 1.87. The lowest BCUT2D eigenvalue weighted by Crippen LogP contribution is -2.11. The third kappa shape index (κ3) is 3.26. The maximum absolute atomic E-state index is 12.5. The van der Waals surface area contributed by atoms with Crippen LogP contribution in [0.1, 0.15) is 20.0 Å². The quantitative estimate of drug-likeness (QED) is 0.676. The second-order valence-corrected chi connectivity index (χ2v) is 5.96. The second-order valence-electron chi connectivity index (χ2n) is 4.93. The van der Waals surface area contributed by atoms with Crippen LogP contribution < -0.4 is 11.1 Å². The fourth-order valence-corrected chi connectivity index (χ4v) is 2.92. The molecule has 7 heteroatoms. The Bertz CT molecular complexity index is 889. The van der Waals surface area contributed by atoms with Gasteiger partial charge in [0.15, 0.2) is 5.13 Å². The van der Waals surface area contributed by atoms with Crippen LogP contribution in [0.3, 0.4) is 0 Å². The largest absolute Gasteiger partial charge is 0.478 e. The Hall–Kier alpha value is -3.19. The van der Waals surface area contributed by atoms with Crippen LogP contribution >= 0.6 is 11.3 Å². The minimum absolute atomic E-state index is 0.153. The molecular formula is C17H13N3O3S. The number of benzene rings is 2. The van der Waals surface area contributed by atoms with Crippen molar-refractivity contribution in [3.05, 3.63) is 65.0 Å². The highest BCUT2D eigenvalue weighted by molar-refractivity contribution is 7.17. The number of aromatic carboxylic acids is 1. The molecule has 3 aromatic rings. The zero-order valence-corrected chi connectivity index (χ0v) is 13.2. The minimum atomic E-state index is -1.02. The van der Waals surface area contributed by atoms with E-state index in [0.29, 0.717) is 21.4 Å². The number of nitrogens with one attached hydrogen (secondary N) is 1. The average Bonchev–Trinajstić information content (AvgIpc) is 2.98. The van der Waals surface area contributed by atoms with Crippen molar-refractivity contribution in [1.29, 1.82) is 0 Å². The van der Waals surface area contributed by atoms with E-state index in [4.69, 9.17) is 10.8 Å². The Morgan fingerprint density at radius 2 is 1.71 bits per heavy atom. The standard InChI is InChI=1S/C17H13N3O3S/c18-17-20-13(10-4-2-1-3-5-10)14(24-17)15(21)19-12-8-6-11(7-9-12)16(22)23/h1-9H,(H2,18,20)(H,19,21)(H,22,23). The molecular weight excluding hydrogens is 326 g/mol. The molecule has 0 atom stereocenters. The summed E-state index contributed by atoms with van der Waals surface area (Å²) >= 11 is 1.11. The number of carboxylic acid groups (broad SMARTS) is 1. The maximum Gasteiger partial charge on any atom is 0.335 e. The number of carbonyl (C=O) groups excluding carboxylic acids is 1. The van der Waals surface area contributed by atoms with E-state index in [9.17, 15) is 9.59 Å². The number of amides is 1. The number of carboxylic acids is 1. The summed E-state index contributed by atoms with van der Waals surface area (Å²) < 4.78 is 0. The van der Waals surface area contributed by atoms with Gasteiger partial charge in [0.05, 0.1) is 11.3 Å². The summed E-state index contributed by atoms with van der Waals surface area (Å²) in [5.41, 5.74) is 7.74. The number of aromatic nitrogens is 1. The number of nitrogens with two attached hydrogens (primary N) is 1. The number of carbonyl (C=O) groups is 2. The predicted molar refractivity (Wildman–Crippen MR) is 93.3 cm³/mol. The lowest BCUT2D eigenvalue weighted by molar-refractivity contribution is 0.0696. The average molecular weight is 339 g/mol. The van der Waals surface area contributed by atoms with Crippen molar-refractivity contribution in [3.63, 3.8) is 0 Å². The van der Waals surface area contributed by atoms with E-state index in [0.717, 1.165) is 16.9 Å². The monoisotopic (exact) mass is 339 g/mol. The molecule has 24 heavy (non-hydrogen) atoms. The van der Waals surface area contributed by atoms with E-state index in [-0.39, 0.29) is 11.5 Å². The highest BCUT2D eigenvalue weighted by Gasteiger charge is 2.18. The van der Waals surface area contributed by atoms with Gasteiger partial charge in [0, 0.05) is 11.3 Å². The van der Waals surface area contributed by atoms with Crippen molar-refractivity contribution in [1.82, 2.24) is 4.98 Å². The van der Waals surface area contributed by atoms with Gasteiger partial charge < -0.3 is 16.2 Å². The van der Waals surface area contributed by atoms with Crippen molar-refractivity contribution >= 4 is 34.0 Å². The van der Waals surface area contributed by atoms with Crippen LogP contribution in [0.4, 0.5) is 10.8 Å². The predicted octanol–water partition coefficient (Wildman–Crippen LogP) is 3.34. The van der Waals surface area contributed by atoms with Gasteiger partial charge in [-0.2, -0.15) is 0 Å². The first kappa shape index (κ1) is 15.7. The van der Waals surface area contributed by atoms with Crippen molar-refractivity contribution in [2.75, 3.05) is 11.1 Å². The van der Waals surface area contributed by atoms with Crippen molar-refractivity contribution in [2.24, 2.45) is 0 Å². The SMILES string of the molecule is Nc1nc(-c2ccccc2)c(C(=O)Nc2ccc(C(=O)O)cc2)s1. The molecule has 2 aromatic carbocycles. The van der Waals surface area contributed by atoms with Gasteiger partial charge in [-0.1, -0.05) is 41.7 Å². The number of nitrogen functional groups attached to an aromatic ring is 1. The Morgan fingerprint density at radius 3 is 2.33 bits per heavy atom. The van der Waals surface area contributed by atoms with Gasteiger partial charge >= 0.3 is 5.97 Å². The minimum Gasteiger partial charge on any atom is -0.478 e. The van der Waals surface area contributed by atoms with Crippen LogP contribution in [-0.2, 0) is 0 Å². The number of thiazole rings is 1. The summed E-state index contributed by atoms with van der Waals surface area (Å²) in [5.74, 6) is -1.36. The van der Waals surface area contributed by atoms with Gasteiger partial charge in [0.2, 0.25) is 0 Å². The third-order valence-electron chi connectivity index (χ3n) is 3.29. The lowest BCUT2D eigenvalue weighted by atomic mass is 10.1. The van der Waals surface area contributed by atoms with E-state index in [1.54, 1.807) is 0 Å². The van der Waals surface area contributed by atoms with Gasteiger partial charge in [-0.3, -0.25) is 4.79 Å². The zero-order chi connectivity index (χ0) is 17.1. The van der Waals surface area contributed by atoms with E-state index >= 15 is 0 Å². The Kier molecular flexibility index (Phi) is 4.26. The van der Waals surface area contributed by atoms with Crippen LogP contribution in [0.15, 0.2) is 54.6 Å². The van der Waals surface area contributed by atoms with Gasteiger partial charge in [-0.15, -0.1) is 0 Å². The molecule has 120 valence electrons. The molecule has 0 saturated carbocycles. The van der Waals surface area contributed by atoms with E-state index in [2.05, 4.69) is 10.3 Å². The topological polar surface area (TPSA) is 105 Å². The molecule has 1 heterocycles. The maximum atomic E-state index is 12.5. The van der Waals surface area contributed by atoms with Crippen molar-refractivity contribution in [2.45, 2.75) is 0 Å². The Morgan fingerprint density at radius 1 is 1.04 bits per heavy atom. The number of anilines is 2. The van der Waals surface area contributed by atoms with Crippen LogP contribution in [0.5, 0.6) is 0 Å². The molecule has 3 rings (SSSR count). The van der Waals surface area contributed by atoms with E-state index in [1.165, 1.54) is 24.3 Å². The summed E-state index contributed by atoms with van der Waals surface area (Å²) in [6, 6.07) is 15.2. The van der Waals surface area contributed by atoms with Crippen molar-refractivity contribution in [3.8, 4) is 11.3 Å². The molecule has 0 fully saturated rings. The third-order valence-corrected chi connectivity index (χ3v) is 4.17. The molecule has 0 radical (unpaired) electrons. The molecule has 0 aliphatic rings. The normalized spacial score (nSPS) is 10.3. The van der Waals surface area contributed by atoms with Gasteiger partial charge in [0.25, 0.3) is 5.91 Å². The molecule has 0 aliphatic heterocycles. The highest BCUT2D eigenvalue weighted by Crippen LogP contribution is 2.30. The van der Waals surface area contributed by atoms with Crippen LogP contribution in [-0.4, -0.2) is 22.0 Å². The first-order chi connectivity index (χ1) is 11.5. The van der Waals surface area contributed by atoms with Crippen LogP contribution in [0.25, 0.3) is 11.3 Å². The fraction of sp³-hybridized carbons (Fsp3) is 0. The lowest BCUT2D eigenvalue weighted by Gasteiger charge is -2.06. The van der Waals surface area contributed by atoms with Crippen molar-refractivity contribution < 1.29 is 14.7 Å². The zero-order valence-electron chi connectivity index (χ0n) is 12.4. The number of hydrogen-bond donors (Lipinski definition) is 3. The summed E-state index contributed by atoms with van der Waals surface area (Å²) in [7, 11) is 0. The summed E-state index contributed by atoms with van der Waals surface area (Å²) in [6.45, 7) is 0. The van der Waals surface area contributed by atoms with Gasteiger partial charge in [0.1, 0.15) is 4.88 Å².